The number of aryl methyl sites for hydroxylation is 1. The predicted molar refractivity (Wildman–Crippen MR) is 56.0 cm³/mol. The number of ether oxygens (including phenoxy) is 1. The van der Waals surface area contributed by atoms with Crippen molar-refractivity contribution in [3.05, 3.63) is 23.8 Å². The fourth-order valence-corrected chi connectivity index (χ4v) is 1.26. The maximum Gasteiger partial charge on any atom is 0.145 e. The van der Waals surface area contributed by atoms with Gasteiger partial charge in [0, 0.05) is 0 Å². The number of nitrogens with two attached hydrogens (primary N) is 1. The number of nitrogen functional groups attached to an aromatic ring is 1. The van der Waals surface area contributed by atoms with Crippen molar-refractivity contribution in [2.24, 2.45) is 0 Å². The van der Waals surface area contributed by atoms with Gasteiger partial charge in [0.25, 0.3) is 0 Å². The number of benzene rings is 1. The van der Waals surface area contributed by atoms with Gasteiger partial charge < -0.3 is 10.5 Å². The first-order chi connectivity index (χ1) is 6.29. The second-order valence-electron chi connectivity index (χ2n) is 3.04. The molecule has 0 heterocycles. The lowest BCUT2D eigenvalue weighted by Gasteiger charge is -2.11. The van der Waals surface area contributed by atoms with E-state index in [-0.39, 0.29) is 0 Å². The van der Waals surface area contributed by atoms with E-state index in [1.54, 1.807) is 0 Å². The maximum absolute atomic E-state index is 5.81. The molecule has 1 aromatic carbocycles. The summed E-state index contributed by atoms with van der Waals surface area (Å²) in [5.41, 5.74) is 7.74. The lowest BCUT2D eigenvalue weighted by Crippen LogP contribution is -2.01. The van der Waals surface area contributed by atoms with Crippen molar-refractivity contribution in [2.75, 3.05) is 12.3 Å². The molecule has 0 bridgehead atoms. The molecule has 1 aromatic rings. The third kappa shape index (κ3) is 2.38. The molecule has 0 aliphatic carbocycles. The third-order valence-corrected chi connectivity index (χ3v) is 1.96. The summed E-state index contributed by atoms with van der Waals surface area (Å²) >= 11 is 0. The summed E-state index contributed by atoms with van der Waals surface area (Å²) in [5.74, 6) is 0.867. The van der Waals surface area contributed by atoms with Crippen molar-refractivity contribution < 1.29 is 4.74 Å². The van der Waals surface area contributed by atoms with Crippen LogP contribution in [0, 0.1) is 0 Å². The molecule has 0 fully saturated rings. The molecule has 0 aliphatic rings. The maximum atomic E-state index is 5.81. The van der Waals surface area contributed by atoms with Crippen LogP contribution in [0.15, 0.2) is 18.2 Å². The van der Waals surface area contributed by atoms with Gasteiger partial charge in [-0.15, -0.1) is 0 Å². The van der Waals surface area contributed by atoms with E-state index in [4.69, 9.17) is 10.5 Å². The van der Waals surface area contributed by atoms with E-state index in [9.17, 15) is 0 Å². The van der Waals surface area contributed by atoms with E-state index in [2.05, 4.69) is 19.9 Å². The minimum absolute atomic E-state index is 0.737. The van der Waals surface area contributed by atoms with Gasteiger partial charge in [-0.3, -0.25) is 0 Å². The van der Waals surface area contributed by atoms with E-state index >= 15 is 0 Å². The molecule has 0 aromatic heterocycles. The van der Waals surface area contributed by atoms with Gasteiger partial charge in [0.2, 0.25) is 0 Å². The fraction of sp³-hybridized carbons (Fsp3) is 0.455. The highest BCUT2D eigenvalue weighted by atomic mass is 16.5. The van der Waals surface area contributed by atoms with Crippen LogP contribution in [0.25, 0.3) is 0 Å². The molecule has 1 rings (SSSR count). The SMILES string of the molecule is CCCOc1c(N)cccc1CC. The van der Waals surface area contributed by atoms with Crippen LogP contribution in [0.5, 0.6) is 5.75 Å². The number of hydrogen-bond donors (Lipinski definition) is 1. The van der Waals surface area contributed by atoms with Gasteiger partial charge in [0.1, 0.15) is 5.75 Å². The molecule has 2 nitrogen and oxygen atoms in total. The van der Waals surface area contributed by atoms with Crippen molar-refractivity contribution in [3.63, 3.8) is 0 Å². The van der Waals surface area contributed by atoms with Crippen molar-refractivity contribution in [1.82, 2.24) is 0 Å². The second kappa shape index (κ2) is 4.75. The third-order valence-electron chi connectivity index (χ3n) is 1.96. The Hall–Kier alpha value is -1.18. The van der Waals surface area contributed by atoms with Crippen LogP contribution in [0.2, 0.25) is 0 Å². The molecule has 0 atom stereocenters. The smallest absolute Gasteiger partial charge is 0.145 e. The Balaban J connectivity index is 2.87. The van der Waals surface area contributed by atoms with Crippen LogP contribution in [-0.2, 0) is 6.42 Å². The average molecular weight is 179 g/mol. The Morgan fingerprint density at radius 2 is 2.08 bits per heavy atom. The molecule has 13 heavy (non-hydrogen) atoms. The number of anilines is 1. The molecule has 0 aliphatic heterocycles. The quantitative estimate of drug-likeness (QED) is 0.721. The largest absolute Gasteiger partial charge is 0.491 e. The van der Waals surface area contributed by atoms with Gasteiger partial charge in [0.05, 0.1) is 12.3 Å². The molecule has 2 heteroatoms. The Labute approximate surface area is 79.7 Å². The van der Waals surface area contributed by atoms with E-state index in [1.807, 2.05) is 12.1 Å². The van der Waals surface area contributed by atoms with Crippen molar-refractivity contribution >= 4 is 5.69 Å². The molecule has 0 saturated heterocycles. The molecule has 0 radical (unpaired) electrons. The van der Waals surface area contributed by atoms with Gasteiger partial charge in [0.15, 0.2) is 0 Å². The zero-order chi connectivity index (χ0) is 9.68. The minimum atomic E-state index is 0.737. The topological polar surface area (TPSA) is 35.2 Å². The van der Waals surface area contributed by atoms with Crippen LogP contribution in [-0.4, -0.2) is 6.61 Å². The van der Waals surface area contributed by atoms with E-state index in [0.29, 0.717) is 0 Å². The number of hydrogen-bond acceptors (Lipinski definition) is 2. The van der Waals surface area contributed by atoms with Crippen molar-refractivity contribution in [1.29, 1.82) is 0 Å². The highest BCUT2D eigenvalue weighted by Crippen LogP contribution is 2.26. The van der Waals surface area contributed by atoms with Crippen LogP contribution in [0.1, 0.15) is 25.8 Å². The summed E-state index contributed by atoms with van der Waals surface area (Å²) < 4.78 is 5.58. The van der Waals surface area contributed by atoms with Crippen LogP contribution in [0.3, 0.4) is 0 Å². The van der Waals surface area contributed by atoms with Gasteiger partial charge in [-0.05, 0) is 24.5 Å². The van der Waals surface area contributed by atoms with Crippen LogP contribution < -0.4 is 10.5 Å². The van der Waals surface area contributed by atoms with Gasteiger partial charge in [-0.1, -0.05) is 26.0 Å². The summed E-state index contributed by atoms with van der Waals surface area (Å²) in [4.78, 5) is 0. The number of rotatable bonds is 4. The average Bonchev–Trinajstić information content (AvgIpc) is 2.15. The molecular weight excluding hydrogens is 162 g/mol. The Morgan fingerprint density at radius 1 is 1.31 bits per heavy atom. The molecule has 0 unspecified atom stereocenters. The van der Waals surface area contributed by atoms with E-state index in [1.165, 1.54) is 5.56 Å². The molecule has 0 spiro atoms. The summed E-state index contributed by atoms with van der Waals surface area (Å²) in [6.45, 7) is 4.93. The highest BCUT2D eigenvalue weighted by molar-refractivity contribution is 5.56. The summed E-state index contributed by atoms with van der Waals surface area (Å²) in [6, 6.07) is 5.90. The van der Waals surface area contributed by atoms with Gasteiger partial charge in [-0.2, -0.15) is 0 Å². The fourth-order valence-electron chi connectivity index (χ4n) is 1.26. The van der Waals surface area contributed by atoms with Gasteiger partial charge >= 0.3 is 0 Å². The van der Waals surface area contributed by atoms with Crippen LogP contribution in [0.4, 0.5) is 5.69 Å². The first-order valence-electron chi connectivity index (χ1n) is 4.79. The molecule has 2 N–H and O–H groups in total. The lowest BCUT2D eigenvalue weighted by atomic mass is 10.1. The van der Waals surface area contributed by atoms with Crippen molar-refractivity contribution in [2.45, 2.75) is 26.7 Å². The number of para-hydroxylation sites is 1. The zero-order valence-electron chi connectivity index (χ0n) is 8.34. The minimum Gasteiger partial charge on any atom is -0.491 e. The van der Waals surface area contributed by atoms with Crippen molar-refractivity contribution in [3.8, 4) is 5.75 Å². The Kier molecular flexibility index (Phi) is 3.62. The first-order valence-corrected chi connectivity index (χ1v) is 4.79. The summed E-state index contributed by atoms with van der Waals surface area (Å²) in [5, 5.41) is 0. The normalized spacial score (nSPS) is 10.0. The summed E-state index contributed by atoms with van der Waals surface area (Å²) in [7, 11) is 0. The second-order valence-corrected chi connectivity index (χ2v) is 3.04. The highest BCUT2D eigenvalue weighted by Gasteiger charge is 2.04. The van der Waals surface area contributed by atoms with E-state index < -0.39 is 0 Å². The van der Waals surface area contributed by atoms with Crippen LogP contribution >= 0.6 is 0 Å². The first kappa shape index (κ1) is 9.90. The lowest BCUT2D eigenvalue weighted by molar-refractivity contribution is 0.316. The Morgan fingerprint density at radius 3 is 2.69 bits per heavy atom. The zero-order valence-corrected chi connectivity index (χ0v) is 8.34. The molecule has 0 saturated carbocycles. The molecule has 0 amide bonds. The summed E-state index contributed by atoms with van der Waals surface area (Å²) in [6.07, 6.45) is 1.97. The van der Waals surface area contributed by atoms with E-state index in [0.717, 1.165) is 30.9 Å². The molecular formula is C11H17NO. The molecule has 72 valence electrons. The predicted octanol–water partition coefficient (Wildman–Crippen LogP) is 2.62. The Bertz CT molecular complexity index is 271. The standard InChI is InChI=1S/C11H17NO/c1-3-8-13-11-9(4-2)6-5-7-10(11)12/h5-7H,3-4,8,12H2,1-2H3. The monoisotopic (exact) mass is 179 g/mol. The van der Waals surface area contributed by atoms with Gasteiger partial charge in [-0.25, -0.2) is 0 Å².